The number of thiazole rings is 1. The molecular formula is C24H31N3O4SSi. The Bertz CT molecular complexity index is 1000. The molecule has 0 aliphatic rings. The van der Waals surface area contributed by atoms with Crippen LogP contribution in [0, 0.1) is 0 Å². The van der Waals surface area contributed by atoms with E-state index in [4.69, 9.17) is 20.6 Å². The molecule has 1 amide bonds. The summed E-state index contributed by atoms with van der Waals surface area (Å²) in [5.74, 6) is 0. The van der Waals surface area contributed by atoms with Crippen molar-refractivity contribution >= 4 is 36.1 Å². The minimum absolute atomic E-state index is 0.0725. The van der Waals surface area contributed by atoms with Gasteiger partial charge in [-0.05, 0) is 15.4 Å². The second-order valence-electron chi connectivity index (χ2n) is 8.84. The topological polar surface area (TPSA) is 121 Å². The zero-order valence-electron chi connectivity index (χ0n) is 19.1. The second kappa shape index (κ2) is 10.6. The summed E-state index contributed by atoms with van der Waals surface area (Å²) in [6, 6.07) is 19.9. The minimum atomic E-state index is -2.77. The van der Waals surface area contributed by atoms with Crippen molar-refractivity contribution in [3.63, 3.8) is 0 Å². The van der Waals surface area contributed by atoms with Crippen molar-refractivity contribution in [1.82, 2.24) is 4.98 Å². The molecule has 0 aliphatic heterocycles. The minimum Gasteiger partial charge on any atom is -0.448 e. The van der Waals surface area contributed by atoms with E-state index in [0.29, 0.717) is 10.7 Å². The van der Waals surface area contributed by atoms with E-state index in [0.717, 1.165) is 10.4 Å². The predicted octanol–water partition coefficient (Wildman–Crippen LogP) is 2.85. The first kappa shape index (κ1) is 25.1. The Morgan fingerprint density at radius 3 is 2.09 bits per heavy atom. The molecule has 0 saturated carbocycles. The number of rotatable bonds is 9. The van der Waals surface area contributed by atoms with Crippen molar-refractivity contribution in [2.24, 2.45) is 11.5 Å². The van der Waals surface area contributed by atoms with Crippen molar-refractivity contribution in [1.29, 1.82) is 0 Å². The molecule has 0 bridgehead atoms. The molecule has 0 aliphatic carbocycles. The average Bonchev–Trinajstić information content (AvgIpc) is 3.29. The third-order valence-corrected chi connectivity index (χ3v) is 11.5. The van der Waals surface area contributed by atoms with Crippen LogP contribution in [0.1, 0.15) is 43.6 Å². The van der Waals surface area contributed by atoms with Crippen LogP contribution < -0.4 is 21.8 Å². The quantitative estimate of drug-likeness (QED) is 0.401. The lowest BCUT2D eigenvalue weighted by atomic mass is 10.2. The van der Waals surface area contributed by atoms with E-state index < -0.39 is 26.6 Å². The van der Waals surface area contributed by atoms with Crippen LogP contribution in [0.25, 0.3) is 0 Å². The highest BCUT2D eigenvalue weighted by Crippen LogP contribution is 2.37. The zero-order valence-corrected chi connectivity index (χ0v) is 20.9. The maximum absolute atomic E-state index is 11.0. The van der Waals surface area contributed by atoms with Crippen molar-refractivity contribution in [2.45, 2.75) is 38.0 Å². The first-order valence-corrected chi connectivity index (χ1v) is 13.5. The van der Waals surface area contributed by atoms with E-state index in [2.05, 4.69) is 50.0 Å². The normalized spacial score (nSPS) is 14.0. The smallest absolute Gasteiger partial charge is 0.404 e. The van der Waals surface area contributed by atoms with Gasteiger partial charge < -0.3 is 25.7 Å². The van der Waals surface area contributed by atoms with Gasteiger partial charge >= 0.3 is 6.09 Å². The fourth-order valence-corrected chi connectivity index (χ4v) is 9.33. The third-order valence-electron chi connectivity index (χ3n) is 5.48. The Balaban J connectivity index is 1.87. The molecule has 9 heteroatoms. The Labute approximate surface area is 199 Å². The van der Waals surface area contributed by atoms with Gasteiger partial charge in [-0.25, -0.2) is 9.78 Å². The van der Waals surface area contributed by atoms with E-state index in [9.17, 15) is 9.90 Å². The molecule has 0 fully saturated rings. The van der Waals surface area contributed by atoms with Gasteiger partial charge in [0.2, 0.25) is 0 Å². The van der Waals surface area contributed by atoms with Gasteiger partial charge in [0, 0.05) is 5.38 Å². The summed E-state index contributed by atoms with van der Waals surface area (Å²) in [4.78, 5) is 15.3. The fraction of sp³-hybridized carbons (Fsp3) is 0.333. The number of primary amides is 1. The van der Waals surface area contributed by atoms with E-state index >= 15 is 0 Å². The second-order valence-corrected chi connectivity index (χ2v) is 14.0. The Kier molecular flexibility index (Phi) is 8.04. The summed E-state index contributed by atoms with van der Waals surface area (Å²) >= 11 is 1.30. The number of aromatic nitrogens is 1. The number of amides is 1. The van der Waals surface area contributed by atoms with Crippen LogP contribution in [0.5, 0.6) is 0 Å². The monoisotopic (exact) mass is 485 g/mol. The van der Waals surface area contributed by atoms with Gasteiger partial charge in [-0.2, -0.15) is 0 Å². The van der Waals surface area contributed by atoms with Crippen LogP contribution in [0.15, 0.2) is 66.0 Å². The highest BCUT2D eigenvalue weighted by Gasteiger charge is 2.50. The summed E-state index contributed by atoms with van der Waals surface area (Å²) in [7, 11) is -2.77. The summed E-state index contributed by atoms with van der Waals surface area (Å²) in [5.41, 5.74) is 11.5. The van der Waals surface area contributed by atoms with Crippen LogP contribution in [0.3, 0.4) is 0 Å². The Morgan fingerprint density at radius 1 is 1.06 bits per heavy atom. The molecule has 1 heterocycles. The predicted molar refractivity (Wildman–Crippen MR) is 133 cm³/mol. The molecule has 33 heavy (non-hydrogen) atoms. The molecule has 3 aromatic rings. The van der Waals surface area contributed by atoms with E-state index in [1.165, 1.54) is 11.3 Å². The van der Waals surface area contributed by atoms with E-state index in [1.54, 1.807) is 5.38 Å². The highest BCUT2D eigenvalue weighted by atomic mass is 32.1. The van der Waals surface area contributed by atoms with Gasteiger partial charge in [-0.3, -0.25) is 0 Å². The summed E-state index contributed by atoms with van der Waals surface area (Å²) in [5, 5.41) is 15.3. The van der Waals surface area contributed by atoms with Crippen molar-refractivity contribution in [3.8, 4) is 0 Å². The molecular weight excluding hydrogens is 454 g/mol. The lowest BCUT2D eigenvalue weighted by Gasteiger charge is -2.43. The molecule has 2 aromatic carbocycles. The van der Waals surface area contributed by atoms with Gasteiger partial charge in [0.1, 0.15) is 17.7 Å². The molecule has 0 spiro atoms. The van der Waals surface area contributed by atoms with Gasteiger partial charge in [0.25, 0.3) is 8.32 Å². The van der Waals surface area contributed by atoms with E-state index in [-0.39, 0.29) is 18.3 Å². The van der Waals surface area contributed by atoms with Crippen LogP contribution in [0.4, 0.5) is 4.79 Å². The largest absolute Gasteiger partial charge is 0.448 e. The number of hydrogen-bond acceptors (Lipinski definition) is 7. The first-order chi connectivity index (χ1) is 15.6. The van der Waals surface area contributed by atoms with Crippen molar-refractivity contribution in [3.05, 3.63) is 76.7 Å². The lowest BCUT2D eigenvalue weighted by Crippen LogP contribution is -2.66. The lowest BCUT2D eigenvalue weighted by molar-refractivity contribution is 0.0995. The molecule has 2 atom stereocenters. The molecule has 3 rings (SSSR count). The van der Waals surface area contributed by atoms with Crippen LogP contribution in [0.2, 0.25) is 5.04 Å². The third kappa shape index (κ3) is 5.68. The molecule has 5 N–H and O–H groups in total. The molecule has 0 radical (unpaired) electrons. The number of carbonyl (C=O) groups excluding carboxylic acids is 1. The number of aliphatic hydroxyl groups excluding tert-OH is 1. The summed E-state index contributed by atoms with van der Waals surface area (Å²) in [6.45, 7) is 6.57. The summed E-state index contributed by atoms with van der Waals surface area (Å²) in [6.07, 6.45) is -1.82. The molecule has 0 saturated heterocycles. The number of ether oxygens (including phenoxy) is 1. The zero-order chi connectivity index (χ0) is 24.1. The molecule has 176 valence electrons. The van der Waals surface area contributed by atoms with Crippen molar-refractivity contribution < 1.29 is 19.1 Å². The number of aliphatic hydroxyl groups is 1. The van der Waals surface area contributed by atoms with Gasteiger partial charge in [0.15, 0.2) is 0 Å². The van der Waals surface area contributed by atoms with Gasteiger partial charge in [-0.15, -0.1) is 11.3 Å². The maximum Gasteiger partial charge on any atom is 0.404 e. The SMILES string of the molecule is CC(C)(C)[Si](OCC(O)c1csc(C(N)COC(N)=O)n1)(c1ccccc1)c1ccccc1. The number of hydrogen-bond donors (Lipinski definition) is 3. The number of carbonyl (C=O) groups is 1. The highest BCUT2D eigenvalue weighted by molar-refractivity contribution is 7.09. The van der Waals surface area contributed by atoms with E-state index in [1.807, 2.05) is 36.4 Å². The van der Waals surface area contributed by atoms with Crippen molar-refractivity contribution in [2.75, 3.05) is 13.2 Å². The number of benzene rings is 2. The van der Waals surface area contributed by atoms with Crippen LogP contribution in [-0.4, -0.2) is 37.7 Å². The summed E-state index contributed by atoms with van der Waals surface area (Å²) < 4.78 is 11.5. The maximum atomic E-state index is 11.0. The molecule has 7 nitrogen and oxygen atoms in total. The van der Waals surface area contributed by atoms with Gasteiger partial charge in [0.05, 0.1) is 18.3 Å². The first-order valence-electron chi connectivity index (χ1n) is 10.7. The Morgan fingerprint density at radius 2 is 1.61 bits per heavy atom. The van der Waals surface area contributed by atoms with Crippen LogP contribution in [-0.2, 0) is 9.16 Å². The number of nitrogens with two attached hydrogens (primary N) is 2. The molecule has 2 unspecified atom stereocenters. The Hall–Kier alpha value is -2.56. The van der Waals surface area contributed by atoms with Gasteiger partial charge in [-0.1, -0.05) is 81.4 Å². The number of nitrogens with zero attached hydrogens (tertiary/aromatic N) is 1. The average molecular weight is 486 g/mol. The molecule has 1 aromatic heterocycles. The standard InChI is InChI=1S/C24H31N3O4SSi/c1-24(2,3)33(17-10-6-4-7-11-17,18-12-8-5-9-13-18)31-15-21(28)20-16-32-22(27-20)19(25)14-30-23(26)29/h4-13,16,19,21,28H,14-15,25H2,1-3H3,(H2,26,29). The van der Waals surface area contributed by atoms with Crippen LogP contribution >= 0.6 is 11.3 Å². The fourth-order valence-electron chi connectivity index (χ4n) is 3.92.